The molecule has 0 aromatic carbocycles. The van der Waals surface area contributed by atoms with Gasteiger partial charge in [-0.2, -0.15) is 0 Å². The van der Waals surface area contributed by atoms with Gasteiger partial charge in [-0.15, -0.1) is 6.58 Å². The summed E-state index contributed by atoms with van der Waals surface area (Å²) in [6.45, 7) is 14.5. The number of hydrogen-bond donors (Lipinski definition) is 0. The summed E-state index contributed by atoms with van der Waals surface area (Å²) in [4.78, 5) is 12.2. The Labute approximate surface area is 136 Å². The molecule has 0 aromatic rings. The lowest BCUT2D eigenvalue weighted by Crippen LogP contribution is -2.37. The summed E-state index contributed by atoms with van der Waals surface area (Å²) >= 11 is 0. The molecular formula is C19H34O3. The lowest BCUT2D eigenvalue weighted by Gasteiger charge is -2.41. The number of ether oxygens (including phenoxy) is 2. The fourth-order valence-electron chi connectivity index (χ4n) is 3.15. The molecule has 0 heterocycles. The fraction of sp³-hybridized carbons (Fsp3) is 0.842. The lowest BCUT2D eigenvalue weighted by molar-refractivity contribution is -0.0660. The Kier molecular flexibility index (Phi) is 6.96. The first-order valence-corrected chi connectivity index (χ1v) is 8.75. The van der Waals surface area contributed by atoms with Crippen LogP contribution in [-0.4, -0.2) is 17.9 Å². The summed E-state index contributed by atoms with van der Waals surface area (Å²) in [5, 5.41) is 0. The third-order valence-corrected chi connectivity index (χ3v) is 5.58. The van der Waals surface area contributed by atoms with E-state index in [2.05, 4.69) is 27.4 Å². The van der Waals surface area contributed by atoms with Crippen LogP contribution < -0.4 is 0 Å². The second-order valence-corrected chi connectivity index (χ2v) is 7.63. The van der Waals surface area contributed by atoms with Crippen LogP contribution in [0.25, 0.3) is 0 Å². The molecule has 1 rings (SSSR count). The Morgan fingerprint density at radius 2 is 2.18 bits per heavy atom. The summed E-state index contributed by atoms with van der Waals surface area (Å²) in [6, 6.07) is 0. The molecule has 1 fully saturated rings. The quantitative estimate of drug-likeness (QED) is 0.435. The molecule has 0 aromatic heterocycles. The summed E-state index contributed by atoms with van der Waals surface area (Å²) in [5.74, 6) is 0.600. The number of allylic oxidation sites excluding steroid dienone is 1. The van der Waals surface area contributed by atoms with Gasteiger partial charge >= 0.3 is 6.16 Å². The van der Waals surface area contributed by atoms with Gasteiger partial charge in [0.2, 0.25) is 0 Å². The largest absolute Gasteiger partial charge is 0.509 e. The molecule has 0 N–H and O–H groups in total. The molecule has 3 atom stereocenters. The van der Waals surface area contributed by atoms with Crippen LogP contribution in [0.2, 0.25) is 0 Å². The summed E-state index contributed by atoms with van der Waals surface area (Å²) in [7, 11) is 0. The summed E-state index contributed by atoms with van der Waals surface area (Å²) in [5.41, 5.74) is -0.193. The first kappa shape index (κ1) is 19.1. The highest BCUT2D eigenvalue weighted by molar-refractivity contribution is 5.60. The highest BCUT2D eigenvalue weighted by atomic mass is 16.7. The normalized spacial score (nSPS) is 28.0. The van der Waals surface area contributed by atoms with E-state index in [1.54, 1.807) is 0 Å². The van der Waals surface area contributed by atoms with Crippen LogP contribution in [0.4, 0.5) is 4.79 Å². The Bertz CT molecular complexity index is 377. The zero-order valence-corrected chi connectivity index (χ0v) is 15.1. The Morgan fingerprint density at radius 1 is 1.50 bits per heavy atom. The van der Waals surface area contributed by atoms with Crippen LogP contribution in [0.15, 0.2) is 12.7 Å². The van der Waals surface area contributed by atoms with Crippen LogP contribution in [0.1, 0.15) is 79.6 Å². The second-order valence-electron chi connectivity index (χ2n) is 7.63. The molecule has 0 spiro atoms. The Balaban J connectivity index is 2.55. The monoisotopic (exact) mass is 310 g/mol. The van der Waals surface area contributed by atoms with Gasteiger partial charge in [0.25, 0.3) is 0 Å². The summed E-state index contributed by atoms with van der Waals surface area (Å²) in [6.07, 6.45) is 7.98. The van der Waals surface area contributed by atoms with Crippen molar-refractivity contribution in [3.63, 3.8) is 0 Å². The van der Waals surface area contributed by atoms with Crippen LogP contribution in [0.5, 0.6) is 0 Å². The van der Waals surface area contributed by atoms with E-state index in [1.165, 1.54) is 6.42 Å². The number of carbonyl (C=O) groups is 1. The van der Waals surface area contributed by atoms with Gasteiger partial charge in [-0.25, -0.2) is 4.79 Å². The van der Waals surface area contributed by atoms with E-state index in [9.17, 15) is 4.79 Å². The molecule has 1 aliphatic carbocycles. The van der Waals surface area contributed by atoms with Gasteiger partial charge < -0.3 is 9.47 Å². The minimum atomic E-state index is -0.508. The zero-order valence-electron chi connectivity index (χ0n) is 15.1. The smallest absolute Gasteiger partial charge is 0.431 e. The van der Waals surface area contributed by atoms with Crippen LogP contribution in [0, 0.1) is 11.3 Å². The van der Waals surface area contributed by atoms with Crippen molar-refractivity contribution < 1.29 is 14.3 Å². The molecule has 3 nitrogen and oxygen atoms in total. The molecular weight excluding hydrogens is 276 g/mol. The van der Waals surface area contributed by atoms with Gasteiger partial charge in [0.15, 0.2) is 0 Å². The molecule has 3 unspecified atom stereocenters. The van der Waals surface area contributed by atoms with E-state index < -0.39 is 11.8 Å². The molecule has 0 radical (unpaired) electrons. The van der Waals surface area contributed by atoms with Crippen molar-refractivity contribution in [2.24, 2.45) is 11.3 Å². The first-order valence-electron chi connectivity index (χ1n) is 8.75. The topological polar surface area (TPSA) is 35.5 Å². The highest BCUT2D eigenvalue weighted by Crippen LogP contribution is 2.43. The maximum absolute atomic E-state index is 12.2. The molecule has 1 aliphatic rings. The van der Waals surface area contributed by atoms with Crippen molar-refractivity contribution in [3.8, 4) is 0 Å². The van der Waals surface area contributed by atoms with Crippen molar-refractivity contribution in [1.29, 1.82) is 0 Å². The molecule has 0 aliphatic heterocycles. The van der Waals surface area contributed by atoms with Gasteiger partial charge in [0.05, 0.1) is 0 Å². The highest BCUT2D eigenvalue weighted by Gasteiger charge is 2.37. The second kappa shape index (κ2) is 8.03. The predicted octanol–water partition coefficient (Wildman–Crippen LogP) is 5.88. The number of rotatable bonds is 7. The molecule has 0 saturated heterocycles. The molecule has 1 saturated carbocycles. The van der Waals surface area contributed by atoms with Crippen molar-refractivity contribution in [1.82, 2.24) is 0 Å². The maximum Gasteiger partial charge on any atom is 0.509 e. The lowest BCUT2D eigenvalue weighted by atomic mass is 9.67. The standard InChI is InChI=1S/C19H34O3/c1-7-9-13-19(6,8-2)22-17(20)21-16-11-10-12-18(5,14-16)15(3)4/h7,15-16H,1,8-14H2,2-6H3. The minimum Gasteiger partial charge on any atom is -0.431 e. The average Bonchev–Trinajstić information content (AvgIpc) is 2.45. The van der Waals surface area contributed by atoms with E-state index >= 15 is 0 Å². The molecule has 0 bridgehead atoms. The molecule has 128 valence electrons. The van der Waals surface area contributed by atoms with Crippen LogP contribution in [0.3, 0.4) is 0 Å². The Hall–Kier alpha value is -0.990. The van der Waals surface area contributed by atoms with E-state index in [0.717, 1.165) is 38.5 Å². The van der Waals surface area contributed by atoms with Crippen molar-refractivity contribution in [2.75, 3.05) is 0 Å². The molecule has 0 amide bonds. The minimum absolute atomic E-state index is 0.00541. The van der Waals surface area contributed by atoms with Crippen LogP contribution >= 0.6 is 0 Å². The van der Waals surface area contributed by atoms with Crippen molar-refractivity contribution in [2.45, 2.75) is 91.3 Å². The average molecular weight is 310 g/mol. The summed E-state index contributed by atoms with van der Waals surface area (Å²) < 4.78 is 11.2. The van der Waals surface area contributed by atoms with E-state index in [4.69, 9.17) is 9.47 Å². The molecule has 22 heavy (non-hydrogen) atoms. The maximum atomic E-state index is 12.2. The number of hydrogen-bond acceptors (Lipinski definition) is 3. The van der Waals surface area contributed by atoms with Gasteiger partial charge in [-0.3, -0.25) is 0 Å². The van der Waals surface area contributed by atoms with Crippen LogP contribution in [-0.2, 0) is 9.47 Å². The first-order chi connectivity index (χ1) is 10.2. The van der Waals surface area contributed by atoms with E-state index in [0.29, 0.717) is 5.92 Å². The van der Waals surface area contributed by atoms with E-state index in [1.807, 2.05) is 19.9 Å². The number of carbonyl (C=O) groups excluding carboxylic acids is 1. The molecule has 3 heteroatoms. The Morgan fingerprint density at radius 3 is 2.73 bits per heavy atom. The van der Waals surface area contributed by atoms with Gasteiger partial charge in [0.1, 0.15) is 11.7 Å². The van der Waals surface area contributed by atoms with Gasteiger partial charge in [-0.05, 0) is 63.2 Å². The van der Waals surface area contributed by atoms with Crippen molar-refractivity contribution >= 4 is 6.16 Å². The van der Waals surface area contributed by atoms with E-state index in [-0.39, 0.29) is 11.5 Å². The predicted molar refractivity (Wildman–Crippen MR) is 90.9 cm³/mol. The van der Waals surface area contributed by atoms with Gasteiger partial charge in [-0.1, -0.05) is 33.8 Å². The van der Waals surface area contributed by atoms with Crippen molar-refractivity contribution in [3.05, 3.63) is 12.7 Å². The third kappa shape index (κ3) is 5.33. The SMILES string of the molecule is C=CCCC(C)(CC)OC(=O)OC1CCCC(C)(C(C)C)C1. The van der Waals surface area contributed by atoms with Gasteiger partial charge in [0, 0.05) is 0 Å². The zero-order chi connectivity index (χ0) is 16.8. The third-order valence-electron chi connectivity index (χ3n) is 5.58. The fourth-order valence-corrected chi connectivity index (χ4v) is 3.15.